The highest BCUT2D eigenvalue weighted by Gasteiger charge is 2.16. The van der Waals surface area contributed by atoms with E-state index in [9.17, 15) is 13.2 Å². The molecule has 0 aliphatic heterocycles. The van der Waals surface area contributed by atoms with Crippen LogP contribution in [0.5, 0.6) is 0 Å². The molecule has 0 atom stereocenters. The number of primary amides is 1. The zero-order valence-corrected chi connectivity index (χ0v) is 10.5. The van der Waals surface area contributed by atoms with Gasteiger partial charge in [0.05, 0.1) is 3.79 Å². The first-order valence-electron chi connectivity index (χ1n) is 3.59. The van der Waals surface area contributed by atoms with Gasteiger partial charge in [-0.1, -0.05) is 4.89 Å². The van der Waals surface area contributed by atoms with Gasteiger partial charge in [0.2, 0.25) is 5.91 Å². The highest BCUT2D eigenvalue weighted by Crippen LogP contribution is 2.25. The van der Waals surface area contributed by atoms with Gasteiger partial charge in [-0.05, 0) is 28.1 Å². The van der Waals surface area contributed by atoms with E-state index in [1.165, 1.54) is 6.07 Å². The topological polar surface area (TPSA) is 98.5 Å². The Balaban J connectivity index is 2.64. The highest BCUT2D eigenvalue weighted by molar-refractivity contribution is 9.11. The Morgan fingerprint density at radius 1 is 1.60 bits per heavy atom. The van der Waals surface area contributed by atoms with Crippen molar-refractivity contribution >= 4 is 43.2 Å². The van der Waals surface area contributed by atoms with E-state index in [1.54, 1.807) is 11.0 Å². The summed E-state index contributed by atoms with van der Waals surface area (Å²) in [6.45, 7) is -0.508. The molecule has 1 heterocycles. The zero-order chi connectivity index (χ0) is 11.5. The van der Waals surface area contributed by atoms with Crippen LogP contribution in [0.15, 0.2) is 20.1 Å². The summed E-state index contributed by atoms with van der Waals surface area (Å²) in [7, 11) is -3.73. The third kappa shape index (κ3) is 3.87. The average molecular weight is 315 g/mol. The number of nitrogens with two attached hydrogens (primary N) is 1. The Morgan fingerprint density at radius 2 is 2.27 bits per heavy atom. The van der Waals surface area contributed by atoms with Crippen LogP contribution in [0.3, 0.4) is 0 Å². The minimum atomic E-state index is -3.73. The molecule has 0 aliphatic carbocycles. The second-order valence-electron chi connectivity index (χ2n) is 2.40. The summed E-state index contributed by atoms with van der Waals surface area (Å²) in [6, 6.07) is 3.00. The second-order valence-corrected chi connectivity index (χ2v) is 6.74. The van der Waals surface area contributed by atoms with E-state index in [4.69, 9.17) is 5.73 Å². The number of nitrogens with one attached hydrogen (secondary N) is 1. The number of hydrogen-bond donors (Lipinski definition) is 2. The predicted molar refractivity (Wildman–Crippen MR) is 57.5 cm³/mol. The largest absolute Gasteiger partial charge is 0.368 e. The van der Waals surface area contributed by atoms with E-state index in [1.807, 2.05) is 0 Å². The fourth-order valence-corrected chi connectivity index (χ4v) is 3.46. The van der Waals surface area contributed by atoms with Crippen molar-refractivity contribution in [3.05, 3.63) is 15.9 Å². The van der Waals surface area contributed by atoms with Gasteiger partial charge in [0.15, 0.2) is 0 Å². The minimum Gasteiger partial charge on any atom is -0.368 e. The van der Waals surface area contributed by atoms with Crippen LogP contribution >= 0.6 is 27.3 Å². The number of rotatable bonds is 5. The Bertz CT molecular complexity index is 455. The van der Waals surface area contributed by atoms with Crippen LogP contribution < -0.4 is 10.6 Å². The van der Waals surface area contributed by atoms with Crippen LogP contribution in [0.2, 0.25) is 0 Å². The molecule has 0 fully saturated rings. The summed E-state index contributed by atoms with van der Waals surface area (Å²) in [5.41, 5.74) is 4.76. The van der Waals surface area contributed by atoms with Crippen LogP contribution in [0.1, 0.15) is 0 Å². The Labute approximate surface area is 98.5 Å². The molecule has 0 spiro atoms. The van der Waals surface area contributed by atoms with Gasteiger partial charge in [0, 0.05) is 0 Å². The number of hydrogen-bond acceptors (Lipinski definition) is 5. The van der Waals surface area contributed by atoms with E-state index in [-0.39, 0.29) is 4.21 Å². The summed E-state index contributed by atoms with van der Waals surface area (Å²) >= 11 is 4.15. The summed E-state index contributed by atoms with van der Waals surface area (Å²) in [4.78, 5) is 16.5. The molecule has 1 amide bonds. The summed E-state index contributed by atoms with van der Waals surface area (Å²) in [6.07, 6.45) is 0. The summed E-state index contributed by atoms with van der Waals surface area (Å²) < 4.78 is 23.6. The summed E-state index contributed by atoms with van der Waals surface area (Å²) in [5, 5.41) is 0. The molecule has 0 unspecified atom stereocenters. The quantitative estimate of drug-likeness (QED) is 0.759. The molecule has 0 radical (unpaired) electrons. The van der Waals surface area contributed by atoms with E-state index in [0.717, 1.165) is 11.3 Å². The molecule has 1 rings (SSSR count). The van der Waals surface area contributed by atoms with Gasteiger partial charge < -0.3 is 5.73 Å². The fraction of sp³-hybridized carbons (Fsp3) is 0.167. The maximum absolute atomic E-state index is 11.4. The molecule has 3 N–H and O–H groups in total. The zero-order valence-electron chi connectivity index (χ0n) is 7.27. The molecule has 0 aromatic carbocycles. The lowest BCUT2D eigenvalue weighted by atomic mass is 10.7. The normalized spacial score (nSPS) is 11.5. The third-order valence-electron chi connectivity index (χ3n) is 1.20. The molecule has 0 aliphatic rings. The van der Waals surface area contributed by atoms with Gasteiger partial charge in [-0.15, -0.1) is 11.3 Å². The fourth-order valence-electron chi connectivity index (χ4n) is 0.661. The van der Waals surface area contributed by atoms with E-state index >= 15 is 0 Å². The molecule has 9 heteroatoms. The van der Waals surface area contributed by atoms with Crippen LogP contribution in [-0.2, 0) is 19.7 Å². The van der Waals surface area contributed by atoms with Gasteiger partial charge in [-0.25, -0.2) is 8.42 Å². The lowest BCUT2D eigenvalue weighted by Gasteiger charge is -2.02. The van der Waals surface area contributed by atoms with Crippen molar-refractivity contribution in [1.29, 1.82) is 0 Å². The highest BCUT2D eigenvalue weighted by atomic mass is 79.9. The molecule has 1 aromatic rings. The van der Waals surface area contributed by atoms with Gasteiger partial charge in [0.25, 0.3) is 10.0 Å². The molecule has 84 valence electrons. The molecule has 6 nitrogen and oxygen atoms in total. The van der Waals surface area contributed by atoms with Crippen LogP contribution in [0.25, 0.3) is 0 Å². The first kappa shape index (κ1) is 12.6. The maximum Gasteiger partial charge on any atom is 0.271 e. The number of amides is 1. The first-order valence-corrected chi connectivity index (χ1v) is 6.68. The second kappa shape index (κ2) is 5.03. The Hall–Kier alpha value is -0.480. The van der Waals surface area contributed by atoms with Crippen LogP contribution in [0.4, 0.5) is 0 Å². The molecule has 0 saturated carbocycles. The monoisotopic (exact) mass is 314 g/mol. The molecular weight excluding hydrogens is 308 g/mol. The lowest BCUT2D eigenvalue weighted by molar-refractivity contribution is -0.123. The number of thiophene rings is 1. The average Bonchev–Trinajstić information content (AvgIpc) is 2.51. The standard InChI is InChI=1S/C6H7BrN2O4S2/c7-4-1-2-6(14-4)15(11,12)9-13-3-5(8)10/h1-2,9H,3H2,(H2,8,10). The molecule has 0 saturated heterocycles. The number of carbonyl (C=O) groups excluding carboxylic acids is 1. The smallest absolute Gasteiger partial charge is 0.271 e. The molecular formula is C6H7BrN2O4S2. The summed E-state index contributed by atoms with van der Waals surface area (Å²) in [5.74, 6) is -0.759. The predicted octanol–water partition coefficient (Wildman–Crippen LogP) is 0.206. The molecule has 1 aromatic heterocycles. The van der Waals surface area contributed by atoms with Gasteiger partial charge in [-0.3, -0.25) is 9.63 Å². The van der Waals surface area contributed by atoms with Crippen LogP contribution in [-0.4, -0.2) is 20.9 Å². The maximum atomic E-state index is 11.4. The van der Waals surface area contributed by atoms with Gasteiger partial charge in [0.1, 0.15) is 10.8 Å². The number of sulfonamides is 1. The van der Waals surface area contributed by atoms with Crippen molar-refractivity contribution in [3.63, 3.8) is 0 Å². The SMILES string of the molecule is NC(=O)CONS(=O)(=O)c1ccc(Br)s1. The van der Waals surface area contributed by atoms with Crippen molar-refractivity contribution < 1.29 is 18.0 Å². The number of carbonyl (C=O) groups is 1. The Kier molecular flexibility index (Phi) is 4.22. The van der Waals surface area contributed by atoms with Crippen molar-refractivity contribution in [1.82, 2.24) is 4.89 Å². The van der Waals surface area contributed by atoms with Crippen molar-refractivity contribution in [2.24, 2.45) is 5.73 Å². The molecule has 0 bridgehead atoms. The van der Waals surface area contributed by atoms with E-state index < -0.39 is 22.5 Å². The lowest BCUT2D eigenvalue weighted by Crippen LogP contribution is -2.29. The van der Waals surface area contributed by atoms with Crippen molar-refractivity contribution in [3.8, 4) is 0 Å². The first-order chi connectivity index (χ1) is 6.92. The molecule has 15 heavy (non-hydrogen) atoms. The Morgan fingerprint density at radius 3 is 2.73 bits per heavy atom. The minimum absolute atomic E-state index is 0.0823. The van der Waals surface area contributed by atoms with E-state index in [0.29, 0.717) is 3.79 Å². The van der Waals surface area contributed by atoms with Crippen LogP contribution in [0, 0.1) is 0 Å². The third-order valence-corrected chi connectivity index (χ3v) is 4.53. The van der Waals surface area contributed by atoms with Gasteiger partial charge in [-0.2, -0.15) is 0 Å². The van der Waals surface area contributed by atoms with Crippen molar-refractivity contribution in [2.45, 2.75) is 4.21 Å². The number of halogens is 1. The van der Waals surface area contributed by atoms with Crippen molar-refractivity contribution in [2.75, 3.05) is 6.61 Å². The van der Waals surface area contributed by atoms with E-state index in [2.05, 4.69) is 20.8 Å². The van der Waals surface area contributed by atoms with Gasteiger partial charge >= 0.3 is 0 Å².